The number of rotatable bonds is 2. The van der Waals surface area contributed by atoms with Crippen LogP contribution in [0.3, 0.4) is 0 Å². The monoisotopic (exact) mass is 342 g/mol. The van der Waals surface area contributed by atoms with Crippen LogP contribution in [0.15, 0.2) is 22.8 Å². The van der Waals surface area contributed by atoms with Crippen LogP contribution in [0.4, 0.5) is 0 Å². The van der Waals surface area contributed by atoms with E-state index in [2.05, 4.69) is 26.8 Å². The molecule has 25 heavy (non-hydrogen) atoms. The maximum absolute atomic E-state index is 2.64. The van der Waals surface area contributed by atoms with Gasteiger partial charge in [0.05, 0.1) is 0 Å². The van der Waals surface area contributed by atoms with Gasteiger partial charge >= 0.3 is 0 Å². The topological polar surface area (TPSA) is 0 Å². The van der Waals surface area contributed by atoms with E-state index >= 15 is 0 Å². The van der Waals surface area contributed by atoms with Gasteiger partial charge in [-0.05, 0) is 93.3 Å². The highest BCUT2D eigenvalue weighted by Crippen LogP contribution is 2.63. The van der Waals surface area contributed by atoms with Gasteiger partial charge in [-0.3, -0.25) is 0 Å². The number of fused-ring (bicyclic) bond motifs is 4. The van der Waals surface area contributed by atoms with E-state index in [1.165, 1.54) is 70.6 Å². The second-order valence-corrected chi connectivity index (χ2v) is 9.41. The molecule has 0 nitrogen and oxygen atoms in total. The Bertz CT molecular complexity index is 522. The van der Waals surface area contributed by atoms with Crippen LogP contribution < -0.4 is 0 Å². The quantitative estimate of drug-likeness (QED) is 0.445. The van der Waals surface area contributed by atoms with Crippen LogP contribution in [0.5, 0.6) is 0 Å². The first kappa shape index (κ1) is 19.2. The molecular weight excluding hydrogens is 300 g/mol. The molecule has 4 unspecified atom stereocenters. The zero-order chi connectivity index (χ0) is 18.0. The van der Waals surface area contributed by atoms with Crippen LogP contribution in [0.25, 0.3) is 0 Å². The second kappa shape index (κ2) is 8.01. The van der Waals surface area contributed by atoms with Gasteiger partial charge < -0.3 is 0 Å². The standard InChI is InChI=1S/C23H36.C2H6/c1-4-5-6-18-9-12-22-21-11-8-17-15-16(2)7-10-19(17)20(21)13-14-23(18,22)3;1-2/h6,16,20-22H,4-5,7-15H2,1-3H3;1-2H3/b18-6-;/t16?,20?,21?,22?,23-;/m1./s1. The summed E-state index contributed by atoms with van der Waals surface area (Å²) in [6.07, 6.45) is 18.4. The Hall–Kier alpha value is -0.520. The molecule has 4 aliphatic rings. The number of hydrogen-bond donors (Lipinski definition) is 0. The van der Waals surface area contributed by atoms with E-state index in [0.29, 0.717) is 5.41 Å². The molecule has 0 saturated heterocycles. The van der Waals surface area contributed by atoms with E-state index < -0.39 is 0 Å². The molecule has 0 aromatic carbocycles. The first-order valence-electron chi connectivity index (χ1n) is 11.5. The largest absolute Gasteiger partial charge is 0.0848 e. The van der Waals surface area contributed by atoms with Gasteiger partial charge in [-0.15, -0.1) is 0 Å². The molecule has 0 bridgehead atoms. The van der Waals surface area contributed by atoms with E-state index in [0.717, 1.165) is 23.7 Å². The van der Waals surface area contributed by atoms with Crippen molar-refractivity contribution in [3.8, 4) is 0 Å². The summed E-state index contributed by atoms with van der Waals surface area (Å²) in [6.45, 7) is 11.4. The molecule has 2 fully saturated rings. The van der Waals surface area contributed by atoms with Crippen molar-refractivity contribution in [3.05, 3.63) is 22.8 Å². The minimum Gasteiger partial charge on any atom is -0.0848 e. The average molecular weight is 343 g/mol. The third kappa shape index (κ3) is 3.40. The summed E-state index contributed by atoms with van der Waals surface area (Å²) in [7, 11) is 0. The Morgan fingerprint density at radius 3 is 2.60 bits per heavy atom. The Morgan fingerprint density at radius 2 is 1.84 bits per heavy atom. The van der Waals surface area contributed by atoms with E-state index in [1.807, 2.05) is 30.6 Å². The molecule has 0 N–H and O–H groups in total. The summed E-state index contributed by atoms with van der Waals surface area (Å²) in [4.78, 5) is 0. The molecule has 0 heterocycles. The van der Waals surface area contributed by atoms with Crippen LogP contribution >= 0.6 is 0 Å². The van der Waals surface area contributed by atoms with Crippen LogP contribution in [0, 0.1) is 29.1 Å². The van der Waals surface area contributed by atoms with Gasteiger partial charge in [0.25, 0.3) is 0 Å². The third-order valence-corrected chi connectivity index (χ3v) is 8.15. The predicted octanol–water partition coefficient (Wildman–Crippen LogP) is 8.09. The lowest BCUT2D eigenvalue weighted by Crippen LogP contribution is -2.42. The van der Waals surface area contributed by atoms with E-state index in [-0.39, 0.29) is 0 Å². The van der Waals surface area contributed by atoms with Crippen LogP contribution in [-0.2, 0) is 0 Å². The van der Waals surface area contributed by atoms with E-state index in [1.54, 1.807) is 0 Å². The normalized spacial score (nSPS) is 41.6. The lowest BCUT2D eigenvalue weighted by Gasteiger charge is -2.51. The first-order chi connectivity index (χ1) is 12.1. The molecule has 0 heteroatoms. The molecule has 4 rings (SSSR count). The van der Waals surface area contributed by atoms with Gasteiger partial charge in [-0.25, -0.2) is 0 Å². The number of unbranched alkanes of at least 4 members (excludes halogenated alkanes) is 1. The fraction of sp³-hybridized carbons (Fsp3) is 0.840. The van der Waals surface area contributed by atoms with Gasteiger partial charge in [-0.1, -0.05) is 63.8 Å². The zero-order valence-corrected chi connectivity index (χ0v) is 17.7. The van der Waals surface area contributed by atoms with Crippen molar-refractivity contribution >= 4 is 0 Å². The van der Waals surface area contributed by atoms with Gasteiger partial charge in [0.2, 0.25) is 0 Å². The van der Waals surface area contributed by atoms with Crippen molar-refractivity contribution < 1.29 is 0 Å². The molecule has 4 aliphatic carbocycles. The van der Waals surface area contributed by atoms with Gasteiger partial charge in [0, 0.05) is 0 Å². The molecule has 2 saturated carbocycles. The van der Waals surface area contributed by atoms with Gasteiger partial charge in [-0.2, -0.15) is 0 Å². The maximum Gasteiger partial charge on any atom is -0.00850 e. The number of hydrogen-bond acceptors (Lipinski definition) is 0. The molecule has 142 valence electrons. The Labute approximate surface area is 157 Å². The highest BCUT2D eigenvalue weighted by molar-refractivity contribution is 5.30. The van der Waals surface area contributed by atoms with Crippen LogP contribution in [0.1, 0.15) is 105 Å². The zero-order valence-electron chi connectivity index (χ0n) is 17.7. The third-order valence-electron chi connectivity index (χ3n) is 8.15. The summed E-state index contributed by atoms with van der Waals surface area (Å²) >= 11 is 0. The summed E-state index contributed by atoms with van der Waals surface area (Å²) < 4.78 is 0. The van der Waals surface area contributed by atoms with Crippen molar-refractivity contribution in [2.75, 3.05) is 0 Å². The van der Waals surface area contributed by atoms with Crippen molar-refractivity contribution in [2.45, 2.75) is 105 Å². The molecule has 0 aliphatic heterocycles. The Kier molecular flexibility index (Phi) is 6.17. The lowest BCUT2D eigenvalue weighted by atomic mass is 9.53. The Balaban J connectivity index is 0.000000880. The van der Waals surface area contributed by atoms with Gasteiger partial charge in [0.15, 0.2) is 0 Å². The highest BCUT2D eigenvalue weighted by atomic mass is 14.6. The summed E-state index contributed by atoms with van der Waals surface area (Å²) in [5, 5.41) is 0. The van der Waals surface area contributed by atoms with Crippen LogP contribution in [0.2, 0.25) is 0 Å². The fourth-order valence-corrected chi connectivity index (χ4v) is 6.91. The van der Waals surface area contributed by atoms with E-state index in [9.17, 15) is 0 Å². The Morgan fingerprint density at radius 1 is 1.04 bits per heavy atom. The summed E-state index contributed by atoms with van der Waals surface area (Å²) in [5.41, 5.74) is 6.29. The molecule has 0 aromatic heterocycles. The highest BCUT2D eigenvalue weighted by Gasteiger charge is 2.52. The van der Waals surface area contributed by atoms with Crippen molar-refractivity contribution in [2.24, 2.45) is 29.1 Å². The predicted molar refractivity (Wildman–Crippen MR) is 111 cm³/mol. The minimum atomic E-state index is 0.566. The van der Waals surface area contributed by atoms with Crippen molar-refractivity contribution in [3.63, 3.8) is 0 Å². The van der Waals surface area contributed by atoms with Crippen LogP contribution in [-0.4, -0.2) is 0 Å². The molecule has 0 aromatic rings. The molecule has 0 amide bonds. The summed E-state index contributed by atoms with van der Waals surface area (Å²) in [6, 6.07) is 0. The number of allylic oxidation sites excluding steroid dienone is 4. The summed E-state index contributed by atoms with van der Waals surface area (Å²) in [5.74, 6) is 3.95. The smallest absolute Gasteiger partial charge is 0.00850 e. The maximum atomic E-state index is 2.64. The molecular formula is C25H42. The average Bonchev–Trinajstić information content (AvgIpc) is 2.97. The molecule has 5 atom stereocenters. The van der Waals surface area contributed by atoms with Crippen molar-refractivity contribution in [1.82, 2.24) is 0 Å². The second-order valence-electron chi connectivity index (χ2n) is 9.41. The van der Waals surface area contributed by atoms with E-state index in [4.69, 9.17) is 0 Å². The molecule has 0 radical (unpaired) electrons. The van der Waals surface area contributed by atoms with Crippen molar-refractivity contribution in [1.29, 1.82) is 0 Å². The molecule has 0 spiro atoms. The van der Waals surface area contributed by atoms with Gasteiger partial charge in [0.1, 0.15) is 0 Å². The first-order valence-corrected chi connectivity index (χ1v) is 11.5. The lowest BCUT2D eigenvalue weighted by molar-refractivity contribution is 0.0592. The SMILES string of the molecule is CC.CCC/C=C1/CCC2C3CCC4=C(CCC(C)C4)C3CC[C@]12C. The fourth-order valence-electron chi connectivity index (χ4n) is 6.91. The minimum absolute atomic E-state index is 0.566.